The molecule has 0 aromatic carbocycles. The molecule has 2 atom stereocenters. The molecule has 0 spiro atoms. The van der Waals surface area contributed by atoms with Crippen LogP contribution in [0, 0.1) is 10.1 Å². The van der Waals surface area contributed by atoms with Crippen molar-refractivity contribution in [1.82, 2.24) is 5.06 Å². The Bertz CT molecular complexity index is 404. The maximum absolute atomic E-state index is 12.1. The summed E-state index contributed by atoms with van der Waals surface area (Å²) in [5.41, 5.74) is 0.987. The lowest BCUT2D eigenvalue weighted by Gasteiger charge is -2.42. The predicted molar refractivity (Wildman–Crippen MR) is 69.3 cm³/mol. The maximum atomic E-state index is 12.1. The highest BCUT2D eigenvalue weighted by Crippen LogP contribution is 2.29. The third-order valence-electron chi connectivity index (χ3n) is 2.74. The van der Waals surface area contributed by atoms with Crippen LogP contribution >= 0.6 is 31.9 Å². The Morgan fingerprint density at radius 1 is 1.31 bits per heavy atom. The van der Waals surface area contributed by atoms with Crippen LogP contribution in [0.15, 0.2) is 35.7 Å². The number of nitroso groups, excluding NO2 is 1. The SMILES string of the molecule is O=[N+]1C(CBr)=C(CBr)N([O-])C2C=CC=CC21. The molecule has 1 aliphatic heterocycles. The Morgan fingerprint density at radius 3 is 2.62 bits per heavy atom. The third kappa shape index (κ3) is 1.78. The molecule has 86 valence electrons. The smallest absolute Gasteiger partial charge is 0.263 e. The first-order chi connectivity index (χ1) is 7.70. The number of halogens is 2. The highest BCUT2D eigenvalue weighted by atomic mass is 79.9. The van der Waals surface area contributed by atoms with Gasteiger partial charge in [-0.1, -0.05) is 50.1 Å². The number of fused-ring (bicyclic) bond motifs is 1. The van der Waals surface area contributed by atoms with Crippen LogP contribution in [0.1, 0.15) is 0 Å². The summed E-state index contributed by atoms with van der Waals surface area (Å²) >= 11 is 6.50. The van der Waals surface area contributed by atoms with Gasteiger partial charge in [-0.2, -0.15) is 0 Å². The molecule has 0 aromatic rings. The van der Waals surface area contributed by atoms with Crippen molar-refractivity contribution in [2.45, 2.75) is 12.1 Å². The summed E-state index contributed by atoms with van der Waals surface area (Å²) < 4.78 is 0.921. The molecule has 0 fully saturated rings. The van der Waals surface area contributed by atoms with E-state index in [-0.39, 0.29) is 0 Å². The van der Waals surface area contributed by atoms with Crippen molar-refractivity contribution in [2.24, 2.45) is 0 Å². The van der Waals surface area contributed by atoms with E-state index in [9.17, 15) is 10.1 Å². The predicted octanol–water partition coefficient (Wildman–Crippen LogP) is 2.44. The third-order valence-corrected chi connectivity index (χ3v) is 3.80. The van der Waals surface area contributed by atoms with E-state index in [1.807, 2.05) is 0 Å². The van der Waals surface area contributed by atoms with Crippen LogP contribution < -0.4 is 0 Å². The second-order valence-corrected chi connectivity index (χ2v) is 4.68. The highest BCUT2D eigenvalue weighted by molar-refractivity contribution is 9.09. The Kier molecular flexibility index (Phi) is 3.61. The molecule has 1 aliphatic carbocycles. The van der Waals surface area contributed by atoms with Gasteiger partial charge < -0.3 is 10.3 Å². The van der Waals surface area contributed by atoms with E-state index in [1.165, 1.54) is 0 Å². The monoisotopic (exact) mass is 348 g/mol. The lowest BCUT2D eigenvalue weighted by molar-refractivity contribution is -0.538. The van der Waals surface area contributed by atoms with Crippen LogP contribution in [0.25, 0.3) is 0 Å². The zero-order valence-electron chi connectivity index (χ0n) is 8.35. The van der Waals surface area contributed by atoms with Gasteiger partial charge in [0, 0.05) is 15.0 Å². The number of nitrogens with zero attached hydrogens (tertiary/aromatic N) is 2. The molecule has 0 aromatic heterocycles. The van der Waals surface area contributed by atoms with Crippen molar-refractivity contribution in [3.8, 4) is 0 Å². The summed E-state index contributed by atoms with van der Waals surface area (Å²) in [6.07, 6.45) is 7.11. The Hall–Kier alpha value is -0.460. The molecule has 2 aliphatic rings. The summed E-state index contributed by atoms with van der Waals surface area (Å²) in [4.78, 5) is 12.1. The first-order valence-corrected chi connectivity index (χ1v) is 7.06. The summed E-state index contributed by atoms with van der Waals surface area (Å²) in [5, 5.41) is 13.8. The second-order valence-electron chi connectivity index (χ2n) is 3.56. The molecule has 0 N–H and O–H groups in total. The molecular weight excluding hydrogens is 340 g/mol. The van der Waals surface area contributed by atoms with Crippen LogP contribution in [0.2, 0.25) is 0 Å². The van der Waals surface area contributed by atoms with Gasteiger partial charge in [0.05, 0.1) is 11.0 Å². The fourth-order valence-corrected chi connectivity index (χ4v) is 3.05. The number of hydrogen-bond donors (Lipinski definition) is 0. The molecule has 0 radical (unpaired) electrons. The van der Waals surface area contributed by atoms with Crippen LogP contribution in [-0.2, 0) is 0 Å². The van der Waals surface area contributed by atoms with Crippen LogP contribution in [-0.4, -0.2) is 32.6 Å². The van der Waals surface area contributed by atoms with Crippen LogP contribution in [0.5, 0.6) is 0 Å². The van der Waals surface area contributed by atoms with Gasteiger partial charge in [-0.25, -0.2) is 0 Å². The van der Waals surface area contributed by atoms with Gasteiger partial charge in [0.2, 0.25) is 6.04 Å². The van der Waals surface area contributed by atoms with Gasteiger partial charge in [0.15, 0.2) is 0 Å². The van der Waals surface area contributed by atoms with Gasteiger partial charge in [-0.15, -0.1) is 0 Å². The zero-order valence-corrected chi connectivity index (χ0v) is 11.5. The molecule has 16 heavy (non-hydrogen) atoms. The first-order valence-electron chi connectivity index (χ1n) is 4.82. The van der Waals surface area contributed by atoms with Gasteiger partial charge >= 0.3 is 0 Å². The lowest BCUT2D eigenvalue weighted by Crippen LogP contribution is -2.49. The van der Waals surface area contributed by atoms with Crippen molar-refractivity contribution >= 4 is 31.9 Å². The van der Waals surface area contributed by atoms with E-state index in [0.29, 0.717) is 22.1 Å². The van der Waals surface area contributed by atoms with Crippen molar-refractivity contribution in [3.05, 3.63) is 45.8 Å². The molecule has 0 saturated carbocycles. The fraction of sp³-hybridized carbons (Fsp3) is 0.400. The minimum atomic E-state index is -0.419. The van der Waals surface area contributed by atoms with E-state index in [1.54, 1.807) is 24.3 Å². The quantitative estimate of drug-likeness (QED) is 0.568. The molecule has 2 unspecified atom stereocenters. The average molecular weight is 350 g/mol. The summed E-state index contributed by atoms with van der Waals surface area (Å²) in [6.45, 7) is 0. The van der Waals surface area contributed by atoms with Crippen molar-refractivity contribution < 1.29 is 4.76 Å². The Morgan fingerprint density at radius 2 is 2.00 bits per heavy atom. The Balaban J connectivity index is 2.47. The molecule has 1 heterocycles. The molecule has 0 bridgehead atoms. The van der Waals surface area contributed by atoms with Gasteiger partial charge in [-0.05, 0) is 6.08 Å². The van der Waals surface area contributed by atoms with Crippen LogP contribution in [0.3, 0.4) is 0 Å². The molecular formula is C10H10Br2N2O2. The second kappa shape index (κ2) is 4.81. The van der Waals surface area contributed by atoms with Gasteiger partial charge in [0.25, 0.3) is 5.70 Å². The maximum Gasteiger partial charge on any atom is 0.263 e. The lowest BCUT2D eigenvalue weighted by atomic mass is 9.99. The fourth-order valence-electron chi connectivity index (χ4n) is 1.90. The standard InChI is InChI=1S/C10H10Br2N2O2/c11-5-9-10(6-12)14(16)8-4-2-1-3-7(8)13(9)15/h1-4,7-8H,5-6H2. The van der Waals surface area contributed by atoms with Gasteiger partial charge in [0.1, 0.15) is 6.04 Å². The first kappa shape index (κ1) is 12.0. The van der Waals surface area contributed by atoms with Crippen molar-refractivity contribution in [2.75, 3.05) is 10.7 Å². The van der Waals surface area contributed by atoms with E-state index < -0.39 is 12.1 Å². The van der Waals surface area contributed by atoms with Gasteiger partial charge in [-0.3, -0.25) is 0 Å². The summed E-state index contributed by atoms with van der Waals surface area (Å²) in [6, 6.07) is -0.837. The minimum Gasteiger partial charge on any atom is -0.758 e. The minimum absolute atomic E-state index is 0.386. The van der Waals surface area contributed by atoms with E-state index in [0.717, 1.165) is 9.82 Å². The average Bonchev–Trinajstić information content (AvgIpc) is 2.33. The van der Waals surface area contributed by atoms with E-state index >= 15 is 0 Å². The number of hydrogen-bond acceptors (Lipinski definition) is 3. The van der Waals surface area contributed by atoms with E-state index in [2.05, 4.69) is 31.9 Å². The zero-order chi connectivity index (χ0) is 11.7. The summed E-state index contributed by atoms with van der Waals surface area (Å²) in [5.74, 6) is 0. The molecule has 4 nitrogen and oxygen atoms in total. The highest BCUT2D eigenvalue weighted by Gasteiger charge is 2.42. The number of rotatable bonds is 2. The topological polar surface area (TPSA) is 46.4 Å². The van der Waals surface area contributed by atoms with Crippen molar-refractivity contribution in [3.63, 3.8) is 0 Å². The Labute approximate surface area is 110 Å². The number of hydroxylamine groups is 2. The van der Waals surface area contributed by atoms with Crippen molar-refractivity contribution in [1.29, 1.82) is 0 Å². The number of alkyl halides is 2. The van der Waals surface area contributed by atoms with Crippen LogP contribution in [0.4, 0.5) is 0 Å². The van der Waals surface area contributed by atoms with E-state index in [4.69, 9.17) is 0 Å². The number of allylic oxidation sites excluding steroid dienone is 4. The molecule has 0 amide bonds. The molecule has 2 rings (SSSR count). The molecule has 6 heteroatoms. The molecule has 0 saturated heterocycles. The summed E-state index contributed by atoms with van der Waals surface area (Å²) in [7, 11) is 0. The normalized spacial score (nSPS) is 28.7. The largest absolute Gasteiger partial charge is 0.758 e.